The van der Waals surface area contributed by atoms with Crippen LogP contribution in [0.3, 0.4) is 0 Å². The van der Waals surface area contributed by atoms with Crippen LogP contribution in [0.4, 0.5) is 5.69 Å². The van der Waals surface area contributed by atoms with Gasteiger partial charge in [0.2, 0.25) is 5.91 Å². The molecule has 31 heavy (non-hydrogen) atoms. The normalized spacial score (nSPS) is 15.3. The van der Waals surface area contributed by atoms with Crippen molar-refractivity contribution in [1.29, 1.82) is 0 Å². The fourth-order valence-electron chi connectivity index (χ4n) is 4.32. The van der Waals surface area contributed by atoms with Gasteiger partial charge in [-0.15, -0.1) is 0 Å². The van der Waals surface area contributed by atoms with Gasteiger partial charge in [-0.3, -0.25) is 9.59 Å². The molecule has 1 aromatic heterocycles. The number of nitrogens with zero attached hydrogens (tertiary/aromatic N) is 3. The van der Waals surface area contributed by atoms with Crippen molar-refractivity contribution in [2.24, 2.45) is 5.92 Å². The van der Waals surface area contributed by atoms with Crippen molar-refractivity contribution in [2.45, 2.75) is 39.2 Å². The predicted octanol–water partition coefficient (Wildman–Crippen LogP) is 3.62. The first-order valence-corrected chi connectivity index (χ1v) is 11.0. The van der Waals surface area contributed by atoms with Gasteiger partial charge in [0, 0.05) is 11.1 Å². The summed E-state index contributed by atoms with van der Waals surface area (Å²) in [5.41, 5.74) is 2.51. The SMILES string of the molecule is Cc1nn(CC(=O)Nc2ccc(CCC3CCN(C)CC3)cc2)c(=O)c2ccccc12. The lowest BCUT2D eigenvalue weighted by Gasteiger charge is -2.28. The van der Waals surface area contributed by atoms with Crippen molar-refractivity contribution < 1.29 is 4.79 Å². The fraction of sp³-hybridized carbons (Fsp3) is 0.400. The second-order valence-electron chi connectivity index (χ2n) is 8.62. The molecule has 1 N–H and O–H groups in total. The number of rotatable bonds is 6. The number of fused-ring (bicyclic) bond motifs is 1. The number of amides is 1. The average molecular weight is 419 g/mol. The highest BCUT2D eigenvalue weighted by atomic mass is 16.2. The Morgan fingerprint density at radius 2 is 1.74 bits per heavy atom. The Labute approximate surface area is 182 Å². The summed E-state index contributed by atoms with van der Waals surface area (Å²) in [5, 5.41) is 8.59. The van der Waals surface area contributed by atoms with Gasteiger partial charge in [-0.05, 0) is 82.4 Å². The molecule has 4 rings (SSSR count). The number of piperidine rings is 1. The zero-order valence-corrected chi connectivity index (χ0v) is 18.3. The van der Waals surface area contributed by atoms with E-state index in [9.17, 15) is 9.59 Å². The Hall–Kier alpha value is -2.99. The molecule has 1 fully saturated rings. The van der Waals surface area contributed by atoms with E-state index in [4.69, 9.17) is 0 Å². The second kappa shape index (κ2) is 9.43. The molecule has 3 aromatic rings. The van der Waals surface area contributed by atoms with Crippen LogP contribution in [-0.4, -0.2) is 40.7 Å². The van der Waals surface area contributed by atoms with Gasteiger partial charge in [-0.1, -0.05) is 30.3 Å². The Morgan fingerprint density at radius 1 is 1.06 bits per heavy atom. The molecule has 0 aliphatic carbocycles. The molecule has 1 amide bonds. The molecule has 0 atom stereocenters. The number of nitrogens with one attached hydrogen (secondary N) is 1. The van der Waals surface area contributed by atoms with Crippen LogP contribution in [0.25, 0.3) is 10.8 Å². The third-order valence-electron chi connectivity index (χ3n) is 6.26. The van der Waals surface area contributed by atoms with Crippen LogP contribution in [-0.2, 0) is 17.8 Å². The van der Waals surface area contributed by atoms with E-state index < -0.39 is 0 Å². The van der Waals surface area contributed by atoms with Crippen LogP contribution in [0.1, 0.15) is 30.5 Å². The molecule has 0 unspecified atom stereocenters. The molecule has 1 aliphatic heterocycles. The fourth-order valence-corrected chi connectivity index (χ4v) is 4.32. The van der Waals surface area contributed by atoms with Gasteiger partial charge in [-0.25, -0.2) is 4.68 Å². The zero-order valence-electron chi connectivity index (χ0n) is 18.3. The van der Waals surface area contributed by atoms with Crippen molar-refractivity contribution in [3.63, 3.8) is 0 Å². The maximum Gasteiger partial charge on any atom is 0.275 e. The van der Waals surface area contributed by atoms with Crippen molar-refractivity contribution in [3.05, 3.63) is 70.1 Å². The third kappa shape index (κ3) is 5.20. The highest BCUT2D eigenvalue weighted by Crippen LogP contribution is 2.22. The predicted molar refractivity (Wildman–Crippen MR) is 124 cm³/mol. The number of hydrogen-bond donors (Lipinski definition) is 1. The standard InChI is InChI=1S/C25H30N4O2/c1-18-22-5-3-4-6-23(22)25(31)29(27-18)17-24(30)26-21-11-9-19(10-12-21)7-8-20-13-15-28(2)16-14-20/h3-6,9-12,20H,7-8,13-17H2,1-2H3,(H,26,30). The maximum absolute atomic E-state index is 12.7. The second-order valence-corrected chi connectivity index (χ2v) is 8.62. The first-order chi connectivity index (χ1) is 15.0. The van der Waals surface area contributed by atoms with Crippen LogP contribution < -0.4 is 10.9 Å². The van der Waals surface area contributed by atoms with E-state index in [-0.39, 0.29) is 18.0 Å². The number of aryl methyl sites for hydroxylation is 2. The number of anilines is 1. The molecular formula is C25H30N4O2. The molecule has 162 valence electrons. The molecule has 0 radical (unpaired) electrons. The summed E-state index contributed by atoms with van der Waals surface area (Å²) >= 11 is 0. The molecule has 6 nitrogen and oxygen atoms in total. The van der Waals surface area contributed by atoms with Gasteiger partial charge in [0.25, 0.3) is 5.56 Å². The number of aromatic nitrogens is 2. The van der Waals surface area contributed by atoms with Crippen molar-refractivity contribution >= 4 is 22.4 Å². The third-order valence-corrected chi connectivity index (χ3v) is 6.26. The van der Waals surface area contributed by atoms with Gasteiger partial charge >= 0.3 is 0 Å². The molecular weight excluding hydrogens is 388 g/mol. The minimum atomic E-state index is -0.261. The Morgan fingerprint density at radius 3 is 2.45 bits per heavy atom. The van der Waals surface area contributed by atoms with E-state index in [1.54, 1.807) is 6.07 Å². The monoisotopic (exact) mass is 418 g/mol. The lowest BCUT2D eigenvalue weighted by Crippen LogP contribution is -2.30. The first-order valence-electron chi connectivity index (χ1n) is 11.0. The van der Waals surface area contributed by atoms with E-state index >= 15 is 0 Å². The maximum atomic E-state index is 12.7. The van der Waals surface area contributed by atoms with Crippen LogP contribution in [0.2, 0.25) is 0 Å². The lowest BCUT2D eigenvalue weighted by molar-refractivity contribution is -0.117. The van der Waals surface area contributed by atoms with E-state index in [1.165, 1.54) is 42.6 Å². The summed E-state index contributed by atoms with van der Waals surface area (Å²) in [5.74, 6) is 0.551. The van der Waals surface area contributed by atoms with Gasteiger partial charge < -0.3 is 10.2 Å². The van der Waals surface area contributed by atoms with Crippen LogP contribution in [0, 0.1) is 12.8 Å². The number of likely N-dealkylation sites (tertiary alicyclic amines) is 1. The van der Waals surface area contributed by atoms with Crippen molar-refractivity contribution in [3.8, 4) is 0 Å². The number of carbonyl (C=O) groups is 1. The smallest absolute Gasteiger partial charge is 0.275 e. The Kier molecular flexibility index (Phi) is 6.47. The summed E-state index contributed by atoms with van der Waals surface area (Å²) in [4.78, 5) is 27.6. The lowest BCUT2D eigenvalue weighted by atomic mass is 9.91. The first kappa shape index (κ1) is 21.2. The summed E-state index contributed by atoms with van der Waals surface area (Å²) in [6, 6.07) is 15.4. The highest BCUT2D eigenvalue weighted by Gasteiger charge is 2.16. The summed E-state index contributed by atoms with van der Waals surface area (Å²) in [7, 11) is 2.19. The quantitative estimate of drug-likeness (QED) is 0.664. The largest absolute Gasteiger partial charge is 0.324 e. The number of hydrogen-bond acceptors (Lipinski definition) is 4. The van der Waals surface area contributed by atoms with E-state index in [0.29, 0.717) is 5.39 Å². The Bertz CT molecular complexity index is 1110. The summed E-state index contributed by atoms with van der Waals surface area (Å²) < 4.78 is 1.24. The molecule has 1 aliphatic rings. The number of benzene rings is 2. The Balaban J connectivity index is 1.34. The zero-order chi connectivity index (χ0) is 21.8. The number of carbonyl (C=O) groups excluding carboxylic acids is 1. The minimum Gasteiger partial charge on any atom is -0.324 e. The van der Waals surface area contributed by atoms with E-state index in [2.05, 4.69) is 34.5 Å². The molecule has 6 heteroatoms. The summed E-state index contributed by atoms with van der Waals surface area (Å²) in [6.07, 6.45) is 4.85. The van der Waals surface area contributed by atoms with Gasteiger partial charge in [-0.2, -0.15) is 5.10 Å². The average Bonchev–Trinajstić information content (AvgIpc) is 2.78. The van der Waals surface area contributed by atoms with E-state index in [1.807, 2.05) is 37.3 Å². The molecule has 1 saturated heterocycles. The van der Waals surface area contributed by atoms with Crippen molar-refractivity contribution in [2.75, 3.05) is 25.5 Å². The van der Waals surface area contributed by atoms with Gasteiger partial charge in [0.05, 0.1) is 11.1 Å². The van der Waals surface area contributed by atoms with Crippen LogP contribution in [0.15, 0.2) is 53.3 Å². The van der Waals surface area contributed by atoms with Crippen LogP contribution in [0.5, 0.6) is 0 Å². The van der Waals surface area contributed by atoms with Crippen molar-refractivity contribution in [1.82, 2.24) is 14.7 Å². The van der Waals surface area contributed by atoms with Gasteiger partial charge in [0.1, 0.15) is 6.54 Å². The minimum absolute atomic E-state index is 0.109. The van der Waals surface area contributed by atoms with Crippen LogP contribution >= 0.6 is 0 Å². The molecule has 0 bridgehead atoms. The molecule has 2 heterocycles. The molecule has 0 saturated carbocycles. The summed E-state index contributed by atoms with van der Waals surface area (Å²) in [6.45, 7) is 4.14. The highest BCUT2D eigenvalue weighted by molar-refractivity contribution is 5.91. The van der Waals surface area contributed by atoms with E-state index in [0.717, 1.165) is 29.1 Å². The van der Waals surface area contributed by atoms with Gasteiger partial charge in [0.15, 0.2) is 0 Å². The molecule has 2 aromatic carbocycles. The topological polar surface area (TPSA) is 67.2 Å². The molecule has 0 spiro atoms.